The number of carbonyl (C=O) groups excluding carboxylic acids is 1. The van der Waals surface area contributed by atoms with Crippen molar-refractivity contribution in [2.24, 2.45) is 5.73 Å². The number of hydrogen-bond donors (Lipinski definition) is 1. The van der Waals surface area contributed by atoms with E-state index in [-0.39, 0.29) is 11.9 Å². The third-order valence-corrected chi connectivity index (χ3v) is 3.23. The number of β-lactam (4-membered cyclic amide) rings is 1. The summed E-state index contributed by atoms with van der Waals surface area (Å²) in [5, 5.41) is 1.12. The zero-order chi connectivity index (χ0) is 11.2. The van der Waals surface area contributed by atoms with Gasteiger partial charge in [0.05, 0.1) is 6.04 Å². The molecule has 0 radical (unpaired) electrons. The Morgan fingerprint density at radius 3 is 2.60 bits per heavy atom. The van der Waals surface area contributed by atoms with Crippen LogP contribution in [-0.2, 0) is 4.79 Å². The molecular formula is C10H10Cl2N2O. The maximum atomic E-state index is 11.3. The van der Waals surface area contributed by atoms with Crippen molar-refractivity contribution in [2.45, 2.75) is 12.1 Å². The largest absolute Gasteiger partial charge is 0.335 e. The monoisotopic (exact) mass is 244 g/mol. The minimum Gasteiger partial charge on any atom is -0.335 e. The van der Waals surface area contributed by atoms with Crippen molar-refractivity contribution in [3.63, 3.8) is 0 Å². The van der Waals surface area contributed by atoms with Gasteiger partial charge in [0.2, 0.25) is 5.91 Å². The first-order valence-corrected chi connectivity index (χ1v) is 5.25. The van der Waals surface area contributed by atoms with Gasteiger partial charge in [-0.15, -0.1) is 0 Å². The van der Waals surface area contributed by atoms with Crippen molar-refractivity contribution in [3.8, 4) is 0 Å². The number of nitrogens with two attached hydrogens (primary N) is 1. The summed E-state index contributed by atoms with van der Waals surface area (Å²) in [6.45, 7) is 0. The number of nitrogens with zero attached hydrogens (tertiary/aromatic N) is 1. The summed E-state index contributed by atoms with van der Waals surface area (Å²) in [6, 6.07) is 4.57. The fourth-order valence-corrected chi connectivity index (χ4v) is 2.33. The fraction of sp³-hybridized carbons (Fsp3) is 0.300. The lowest BCUT2D eigenvalue weighted by Gasteiger charge is -2.43. The van der Waals surface area contributed by atoms with Crippen molar-refractivity contribution in [2.75, 3.05) is 7.05 Å². The highest BCUT2D eigenvalue weighted by Crippen LogP contribution is 2.36. The van der Waals surface area contributed by atoms with Crippen LogP contribution in [-0.4, -0.2) is 23.9 Å². The van der Waals surface area contributed by atoms with E-state index in [0.717, 1.165) is 5.56 Å². The van der Waals surface area contributed by atoms with Crippen LogP contribution in [0.4, 0.5) is 0 Å². The first-order valence-electron chi connectivity index (χ1n) is 4.49. The highest BCUT2D eigenvalue weighted by molar-refractivity contribution is 6.35. The molecule has 1 fully saturated rings. The average Bonchev–Trinajstić information content (AvgIpc) is 2.21. The van der Waals surface area contributed by atoms with E-state index < -0.39 is 6.04 Å². The van der Waals surface area contributed by atoms with Crippen molar-refractivity contribution >= 4 is 29.1 Å². The van der Waals surface area contributed by atoms with Crippen molar-refractivity contribution < 1.29 is 4.79 Å². The molecule has 2 unspecified atom stereocenters. The normalized spacial score (nSPS) is 25.3. The van der Waals surface area contributed by atoms with Gasteiger partial charge in [-0.1, -0.05) is 29.3 Å². The van der Waals surface area contributed by atoms with Gasteiger partial charge in [0.25, 0.3) is 0 Å². The van der Waals surface area contributed by atoms with Crippen LogP contribution in [0.2, 0.25) is 10.0 Å². The number of likely N-dealkylation sites (tertiary alicyclic amines) is 1. The molecule has 2 rings (SSSR count). The molecule has 0 aliphatic carbocycles. The Hall–Kier alpha value is -0.770. The van der Waals surface area contributed by atoms with E-state index in [9.17, 15) is 4.79 Å². The summed E-state index contributed by atoms with van der Waals surface area (Å²) in [7, 11) is 1.71. The molecule has 5 heteroatoms. The highest BCUT2D eigenvalue weighted by Gasteiger charge is 2.43. The van der Waals surface area contributed by atoms with E-state index in [1.165, 1.54) is 0 Å². The van der Waals surface area contributed by atoms with Crippen molar-refractivity contribution in [3.05, 3.63) is 33.8 Å². The summed E-state index contributed by atoms with van der Waals surface area (Å²) >= 11 is 11.8. The quantitative estimate of drug-likeness (QED) is 0.767. The Bertz CT molecular complexity index is 410. The second-order valence-electron chi connectivity index (χ2n) is 3.59. The SMILES string of the molecule is CN1C(=O)C(N)C1c1ccc(Cl)cc1Cl. The maximum absolute atomic E-state index is 11.3. The van der Waals surface area contributed by atoms with Crippen LogP contribution in [0, 0.1) is 0 Å². The summed E-state index contributed by atoms with van der Waals surface area (Å²) in [4.78, 5) is 12.8. The van der Waals surface area contributed by atoms with Crippen LogP contribution in [0.1, 0.15) is 11.6 Å². The molecule has 0 spiro atoms. The predicted octanol–water partition coefficient (Wildman–Crippen LogP) is 1.83. The van der Waals surface area contributed by atoms with Gasteiger partial charge in [-0.3, -0.25) is 4.79 Å². The zero-order valence-corrected chi connectivity index (χ0v) is 9.59. The summed E-state index contributed by atoms with van der Waals surface area (Å²) in [5.74, 6) is -0.0639. The van der Waals surface area contributed by atoms with E-state index >= 15 is 0 Å². The molecular weight excluding hydrogens is 235 g/mol. The van der Waals surface area contributed by atoms with Crippen LogP contribution >= 0.6 is 23.2 Å². The molecule has 80 valence electrons. The van der Waals surface area contributed by atoms with E-state index in [2.05, 4.69) is 0 Å². The Kier molecular flexibility index (Phi) is 2.63. The van der Waals surface area contributed by atoms with E-state index in [4.69, 9.17) is 28.9 Å². The second kappa shape index (κ2) is 3.67. The van der Waals surface area contributed by atoms with Crippen molar-refractivity contribution in [1.29, 1.82) is 0 Å². The lowest BCUT2D eigenvalue weighted by Crippen LogP contribution is -2.61. The highest BCUT2D eigenvalue weighted by atomic mass is 35.5. The zero-order valence-electron chi connectivity index (χ0n) is 8.08. The van der Waals surface area contributed by atoms with Crippen molar-refractivity contribution in [1.82, 2.24) is 4.90 Å². The molecule has 0 aromatic heterocycles. The smallest absolute Gasteiger partial charge is 0.242 e. The first-order chi connectivity index (χ1) is 7.02. The molecule has 1 aromatic carbocycles. The van der Waals surface area contributed by atoms with Gasteiger partial charge >= 0.3 is 0 Å². The molecule has 1 aromatic rings. The fourth-order valence-electron chi connectivity index (χ4n) is 1.81. The number of likely N-dealkylation sites (N-methyl/N-ethyl adjacent to an activating group) is 1. The number of halogens is 2. The third-order valence-electron chi connectivity index (χ3n) is 2.67. The summed E-state index contributed by atoms with van der Waals surface area (Å²) in [6.07, 6.45) is 0. The number of rotatable bonds is 1. The number of amides is 1. The Morgan fingerprint density at radius 2 is 2.07 bits per heavy atom. The number of carbonyl (C=O) groups is 1. The second-order valence-corrected chi connectivity index (χ2v) is 4.43. The first kappa shape index (κ1) is 10.7. The molecule has 2 atom stereocenters. The topological polar surface area (TPSA) is 46.3 Å². The van der Waals surface area contributed by atoms with Crippen LogP contribution < -0.4 is 5.73 Å². The van der Waals surface area contributed by atoms with Gasteiger partial charge in [-0.05, 0) is 17.7 Å². The van der Waals surface area contributed by atoms with Gasteiger partial charge in [-0.2, -0.15) is 0 Å². The van der Waals surface area contributed by atoms with Crippen LogP contribution in [0.25, 0.3) is 0 Å². The Labute approximate surface area is 97.8 Å². The van der Waals surface area contributed by atoms with Gasteiger partial charge in [0.1, 0.15) is 6.04 Å². The van der Waals surface area contributed by atoms with Gasteiger partial charge in [-0.25, -0.2) is 0 Å². The van der Waals surface area contributed by atoms with Crippen LogP contribution in [0.15, 0.2) is 18.2 Å². The van der Waals surface area contributed by atoms with Crippen LogP contribution in [0.3, 0.4) is 0 Å². The van der Waals surface area contributed by atoms with E-state index in [1.807, 2.05) is 0 Å². The predicted molar refractivity (Wildman–Crippen MR) is 59.9 cm³/mol. The Morgan fingerprint density at radius 1 is 1.40 bits per heavy atom. The number of hydrogen-bond acceptors (Lipinski definition) is 2. The Balaban J connectivity index is 2.35. The van der Waals surface area contributed by atoms with E-state index in [0.29, 0.717) is 10.0 Å². The lowest BCUT2D eigenvalue weighted by molar-refractivity contribution is -0.146. The molecule has 0 bridgehead atoms. The molecule has 1 amide bonds. The molecule has 1 heterocycles. The van der Waals surface area contributed by atoms with Crippen LogP contribution in [0.5, 0.6) is 0 Å². The average molecular weight is 245 g/mol. The third kappa shape index (κ3) is 1.61. The van der Waals surface area contributed by atoms with Gasteiger partial charge in [0, 0.05) is 17.1 Å². The van der Waals surface area contributed by atoms with Gasteiger partial charge < -0.3 is 10.6 Å². The standard InChI is InChI=1S/C10H10Cl2N2O/c1-14-9(8(13)10(14)15)6-3-2-5(11)4-7(6)12/h2-4,8-9H,13H2,1H3. The minimum absolute atomic E-state index is 0.0639. The van der Waals surface area contributed by atoms with E-state index in [1.54, 1.807) is 30.1 Å². The summed E-state index contributed by atoms with van der Waals surface area (Å²) in [5.41, 5.74) is 6.56. The molecule has 0 saturated carbocycles. The summed E-state index contributed by atoms with van der Waals surface area (Å²) < 4.78 is 0. The molecule has 2 N–H and O–H groups in total. The molecule has 1 aliphatic rings. The molecule has 3 nitrogen and oxygen atoms in total. The lowest BCUT2D eigenvalue weighted by atomic mass is 9.90. The maximum Gasteiger partial charge on any atom is 0.242 e. The molecule has 1 saturated heterocycles. The molecule has 1 aliphatic heterocycles. The minimum atomic E-state index is -0.492. The van der Waals surface area contributed by atoms with Gasteiger partial charge in [0.15, 0.2) is 0 Å². The number of benzene rings is 1. The molecule has 15 heavy (non-hydrogen) atoms.